The van der Waals surface area contributed by atoms with Crippen LogP contribution in [0.15, 0.2) is 47.6 Å². The molecule has 166 valence electrons. The van der Waals surface area contributed by atoms with Crippen molar-refractivity contribution in [1.82, 2.24) is 15.2 Å². The van der Waals surface area contributed by atoms with Crippen LogP contribution in [-0.2, 0) is 4.79 Å². The van der Waals surface area contributed by atoms with Gasteiger partial charge in [0.25, 0.3) is 0 Å². The summed E-state index contributed by atoms with van der Waals surface area (Å²) in [6.07, 6.45) is 0.415. The molecule has 1 amide bonds. The van der Waals surface area contributed by atoms with Crippen LogP contribution in [0.4, 0.5) is 5.69 Å². The lowest BCUT2D eigenvalue weighted by atomic mass is 10.0. The minimum absolute atomic E-state index is 0.117. The summed E-state index contributed by atoms with van der Waals surface area (Å²) in [7, 11) is 0. The van der Waals surface area contributed by atoms with E-state index in [4.69, 9.17) is 9.72 Å². The summed E-state index contributed by atoms with van der Waals surface area (Å²) < 4.78 is 6.44. The van der Waals surface area contributed by atoms with E-state index < -0.39 is 6.23 Å². The summed E-state index contributed by atoms with van der Waals surface area (Å²) in [4.78, 5) is 19.3. The molecule has 0 aliphatic carbocycles. The Hall–Kier alpha value is -2.93. The maximum Gasteiger partial charge on any atom is 0.247 e. The Kier molecular flexibility index (Phi) is 6.46. The van der Waals surface area contributed by atoms with Gasteiger partial charge in [-0.05, 0) is 38.3 Å². The van der Waals surface area contributed by atoms with E-state index >= 15 is 0 Å². The summed E-state index contributed by atoms with van der Waals surface area (Å²) >= 11 is 1.57. The van der Waals surface area contributed by atoms with Crippen molar-refractivity contribution in [3.8, 4) is 17.1 Å². The second-order valence-electron chi connectivity index (χ2n) is 8.57. The Labute approximate surface area is 193 Å². The highest BCUT2D eigenvalue weighted by atomic mass is 32.2. The normalized spacial score (nSPS) is 15.1. The van der Waals surface area contributed by atoms with Crippen molar-refractivity contribution in [2.45, 2.75) is 52.4 Å². The second kappa shape index (κ2) is 9.28. The molecule has 4 rings (SSSR count). The Bertz CT molecular complexity index is 1150. The summed E-state index contributed by atoms with van der Waals surface area (Å²) in [5.74, 6) is 1.80. The van der Waals surface area contributed by atoms with Gasteiger partial charge < -0.3 is 4.74 Å². The molecule has 2 aromatic carbocycles. The van der Waals surface area contributed by atoms with E-state index in [1.807, 2.05) is 56.3 Å². The van der Waals surface area contributed by atoms with E-state index in [0.29, 0.717) is 22.6 Å². The van der Waals surface area contributed by atoms with Gasteiger partial charge in [-0.3, -0.25) is 9.69 Å². The number of thioether (sulfide) groups is 1. The quantitative estimate of drug-likeness (QED) is 0.464. The standard InChI is InChI=1S/C25H28N4O2S/c1-15(2)11-12-32-25-26-23-22(27-28-25)20-14-17(4)9-10-21(20)29(18(5)30)24(31-23)19-8-6-7-16(3)13-19/h6-10,13-15,24H,11-12H2,1-5H3/t24-/m1/s1. The first-order valence-corrected chi connectivity index (χ1v) is 11.8. The third kappa shape index (κ3) is 4.63. The number of aromatic nitrogens is 3. The number of ether oxygens (including phenoxy) is 1. The molecule has 7 heteroatoms. The fourth-order valence-corrected chi connectivity index (χ4v) is 4.72. The summed E-state index contributed by atoms with van der Waals surface area (Å²) in [6.45, 7) is 9.98. The number of carbonyl (C=O) groups is 1. The second-order valence-corrected chi connectivity index (χ2v) is 9.64. The third-order valence-electron chi connectivity index (χ3n) is 5.35. The summed E-state index contributed by atoms with van der Waals surface area (Å²) in [5.41, 5.74) is 5.12. The van der Waals surface area contributed by atoms with Gasteiger partial charge in [0.1, 0.15) is 0 Å². The fraction of sp³-hybridized carbons (Fsp3) is 0.360. The maximum absolute atomic E-state index is 12.9. The Morgan fingerprint density at radius 1 is 1.12 bits per heavy atom. The number of rotatable bonds is 5. The zero-order valence-electron chi connectivity index (χ0n) is 19.1. The Morgan fingerprint density at radius 2 is 1.91 bits per heavy atom. The van der Waals surface area contributed by atoms with E-state index in [-0.39, 0.29) is 5.91 Å². The fourth-order valence-electron chi connectivity index (χ4n) is 3.71. The first kappa shape index (κ1) is 22.3. The van der Waals surface area contributed by atoms with Gasteiger partial charge in [0.2, 0.25) is 23.2 Å². The number of aryl methyl sites for hydroxylation is 2. The zero-order chi connectivity index (χ0) is 22.8. The number of carbonyl (C=O) groups excluding carboxylic acids is 1. The topological polar surface area (TPSA) is 68.2 Å². The van der Waals surface area contributed by atoms with Crippen molar-refractivity contribution in [1.29, 1.82) is 0 Å². The van der Waals surface area contributed by atoms with E-state index in [0.717, 1.165) is 40.1 Å². The van der Waals surface area contributed by atoms with Crippen LogP contribution in [0, 0.1) is 19.8 Å². The van der Waals surface area contributed by atoms with Crippen molar-refractivity contribution >= 4 is 23.4 Å². The largest absolute Gasteiger partial charge is 0.447 e. The molecule has 0 radical (unpaired) electrons. The average Bonchev–Trinajstić information content (AvgIpc) is 2.87. The molecule has 6 nitrogen and oxygen atoms in total. The first-order valence-electron chi connectivity index (χ1n) is 10.8. The highest BCUT2D eigenvalue weighted by Crippen LogP contribution is 2.43. The van der Waals surface area contributed by atoms with E-state index in [2.05, 4.69) is 24.0 Å². The van der Waals surface area contributed by atoms with Crippen LogP contribution >= 0.6 is 11.8 Å². The molecule has 0 bridgehead atoms. The lowest BCUT2D eigenvalue weighted by Gasteiger charge is -2.30. The smallest absolute Gasteiger partial charge is 0.247 e. The summed E-state index contributed by atoms with van der Waals surface area (Å²) in [6, 6.07) is 13.9. The van der Waals surface area contributed by atoms with Gasteiger partial charge in [0, 0.05) is 23.8 Å². The molecule has 2 heterocycles. The number of nitrogens with zero attached hydrogens (tertiary/aromatic N) is 4. The molecule has 1 aliphatic rings. The molecule has 0 spiro atoms. The molecule has 0 N–H and O–H groups in total. The van der Waals surface area contributed by atoms with Gasteiger partial charge in [0.05, 0.1) is 5.69 Å². The molecule has 0 saturated heterocycles. The number of anilines is 1. The molecule has 1 atom stereocenters. The minimum Gasteiger partial charge on any atom is -0.447 e. The lowest BCUT2D eigenvalue weighted by molar-refractivity contribution is -0.118. The first-order chi connectivity index (χ1) is 15.3. The number of hydrogen-bond acceptors (Lipinski definition) is 6. The van der Waals surface area contributed by atoms with Gasteiger partial charge in [-0.1, -0.05) is 67.1 Å². The van der Waals surface area contributed by atoms with E-state index in [1.165, 1.54) is 0 Å². The number of amides is 1. The van der Waals surface area contributed by atoms with Crippen molar-refractivity contribution in [3.05, 3.63) is 59.2 Å². The van der Waals surface area contributed by atoms with Crippen LogP contribution in [-0.4, -0.2) is 26.8 Å². The zero-order valence-corrected chi connectivity index (χ0v) is 19.9. The molecule has 0 saturated carbocycles. The number of fused-ring (bicyclic) bond motifs is 3. The van der Waals surface area contributed by atoms with Crippen molar-refractivity contribution in [2.24, 2.45) is 5.92 Å². The van der Waals surface area contributed by atoms with Crippen molar-refractivity contribution < 1.29 is 9.53 Å². The van der Waals surface area contributed by atoms with Crippen molar-refractivity contribution in [3.63, 3.8) is 0 Å². The molecule has 3 aromatic rings. The maximum atomic E-state index is 12.9. The predicted molar refractivity (Wildman–Crippen MR) is 128 cm³/mol. The van der Waals surface area contributed by atoms with Crippen LogP contribution in [0.1, 0.15) is 50.1 Å². The van der Waals surface area contributed by atoms with Gasteiger partial charge in [-0.25, -0.2) is 0 Å². The highest BCUT2D eigenvalue weighted by molar-refractivity contribution is 7.99. The lowest BCUT2D eigenvalue weighted by Crippen LogP contribution is -2.36. The number of hydrogen-bond donors (Lipinski definition) is 0. The van der Waals surface area contributed by atoms with Gasteiger partial charge in [-0.2, -0.15) is 4.98 Å². The Morgan fingerprint density at radius 3 is 2.62 bits per heavy atom. The third-order valence-corrected chi connectivity index (χ3v) is 6.22. The predicted octanol–water partition coefficient (Wildman–Crippen LogP) is 5.74. The molecule has 0 fully saturated rings. The molecule has 1 aliphatic heterocycles. The van der Waals surface area contributed by atoms with Crippen LogP contribution in [0.25, 0.3) is 11.3 Å². The van der Waals surface area contributed by atoms with Gasteiger partial charge in [-0.15, -0.1) is 10.2 Å². The monoisotopic (exact) mass is 448 g/mol. The van der Waals surface area contributed by atoms with Gasteiger partial charge in [0.15, 0.2) is 5.69 Å². The highest BCUT2D eigenvalue weighted by Gasteiger charge is 2.34. The Balaban J connectivity index is 1.85. The molecule has 0 unspecified atom stereocenters. The van der Waals surface area contributed by atoms with E-state index in [9.17, 15) is 4.79 Å². The minimum atomic E-state index is -0.652. The molecular formula is C25H28N4O2S. The van der Waals surface area contributed by atoms with Crippen LogP contribution in [0.5, 0.6) is 5.88 Å². The SMILES string of the molecule is CC(=O)N1c2ccc(C)cc2-c2nnc(SCCC(C)C)nc2O[C@@H]1c1cccc(C)c1. The van der Waals surface area contributed by atoms with Crippen LogP contribution in [0.3, 0.4) is 0 Å². The van der Waals surface area contributed by atoms with E-state index in [1.54, 1.807) is 23.6 Å². The number of benzene rings is 2. The van der Waals surface area contributed by atoms with Crippen LogP contribution < -0.4 is 9.64 Å². The van der Waals surface area contributed by atoms with Crippen LogP contribution in [0.2, 0.25) is 0 Å². The molecule has 32 heavy (non-hydrogen) atoms. The van der Waals surface area contributed by atoms with Crippen molar-refractivity contribution in [2.75, 3.05) is 10.7 Å². The molecular weight excluding hydrogens is 420 g/mol. The summed E-state index contributed by atoms with van der Waals surface area (Å²) in [5, 5.41) is 9.44. The van der Waals surface area contributed by atoms with Gasteiger partial charge >= 0.3 is 0 Å². The average molecular weight is 449 g/mol. The molecule has 1 aromatic heterocycles.